The highest BCUT2D eigenvalue weighted by molar-refractivity contribution is 7.10. The molecule has 0 radical (unpaired) electrons. The van der Waals surface area contributed by atoms with E-state index < -0.39 is 5.97 Å². The number of rotatable bonds is 5. The van der Waals surface area contributed by atoms with Crippen LogP contribution < -0.4 is 5.32 Å². The van der Waals surface area contributed by atoms with E-state index in [1.165, 1.54) is 10.4 Å². The Labute approximate surface area is 93.1 Å². The molecule has 15 heavy (non-hydrogen) atoms. The smallest absolute Gasteiger partial charge is 0.306 e. The summed E-state index contributed by atoms with van der Waals surface area (Å²) >= 11 is 1.75. The maximum atomic E-state index is 10.6. The topological polar surface area (TPSA) is 49.3 Å². The van der Waals surface area contributed by atoms with Crippen molar-refractivity contribution in [3.05, 3.63) is 21.9 Å². The van der Waals surface area contributed by atoms with Gasteiger partial charge in [-0.05, 0) is 42.8 Å². The Balaban J connectivity index is 1.69. The van der Waals surface area contributed by atoms with Gasteiger partial charge in [-0.1, -0.05) is 0 Å². The number of hydrogen-bond acceptors (Lipinski definition) is 3. The molecular formula is C11H15NO2S. The lowest BCUT2D eigenvalue weighted by Crippen LogP contribution is -2.17. The molecule has 2 N–H and O–H groups in total. The summed E-state index contributed by atoms with van der Waals surface area (Å²) in [6.07, 6.45) is 0.839. The van der Waals surface area contributed by atoms with E-state index in [9.17, 15) is 4.79 Å². The van der Waals surface area contributed by atoms with Crippen molar-refractivity contribution in [2.24, 2.45) is 11.8 Å². The molecule has 1 aromatic rings. The van der Waals surface area contributed by atoms with Gasteiger partial charge in [-0.3, -0.25) is 4.79 Å². The summed E-state index contributed by atoms with van der Waals surface area (Å²) in [5.74, 6) is -0.390. The third-order valence-electron chi connectivity index (χ3n) is 2.90. The molecule has 1 saturated carbocycles. The van der Waals surface area contributed by atoms with Crippen LogP contribution in [-0.2, 0) is 11.3 Å². The van der Waals surface area contributed by atoms with E-state index in [0.717, 1.165) is 19.5 Å². The number of carbonyl (C=O) groups is 1. The second-order valence-electron chi connectivity index (χ2n) is 4.10. The Hall–Kier alpha value is -0.870. The average molecular weight is 225 g/mol. The zero-order valence-electron chi connectivity index (χ0n) is 8.69. The molecule has 3 nitrogen and oxygen atoms in total. The molecule has 0 saturated heterocycles. The van der Waals surface area contributed by atoms with E-state index in [1.807, 2.05) is 0 Å². The van der Waals surface area contributed by atoms with Crippen molar-refractivity contribution in [3.8, 4) is 0 Å². The molecular weight excluding hydrogens is 210 g/mol. The summed E-state index contributed by atoms with van der Waals surface area (Å²) in [5, 5.41) is 14.1. The second kappa shape index (κ2) is 4.33. The summed E-state index contributed by atoms with van der Waals surface area (Å²) < 4.78 is 0. The molecule has 1 aliphatic carbocycles. The molecule has 0 aromatic carbocycles. The van der Waals surface area contributed by atoms with E-state index >= 15 is 0 Å². The Kier molecular flexibility index (Phi) is 3.07. The summed E-state index contributed by atoms with van der Waals surface area (Å²) in [6, 6.07) is 2.11. The van der Waals surface area contributed by atoms with Crippen LogP contribution >= 0.6 is 11.3 Å². The minimum absolute atomic E-state index is 0.0954. The van der Waals surface area contributed by atoms with Crippen molar-refractivity contribution in [1.29, 1.82) is 0 Å². The molecule has 2 rings (SSSR count). The van der Waals surface area contributed by atoms with Crippen LogP contribution in [0.25, 0.3) is 0 Å². The molecule has 2 unspecified atom stereocenters. The fraction of sp³-hybridized carbons (Fsp3) is 0.545. The summed E-state index contributed by atoms with van der Waals surface area (Å²) in [4.78, 5) is 11.9. The molecule has 82 valence electrons. The van der Waals surface area contributed by atoms with Gasteiger partial charge in [0.25, 0.3) is 0 Å². The van der Waals surface area contributed by atoms with E-state index in [2.05, 4.69) is 23.7 Å². The van der Waals surface area contributed by atoms with Gasteiger partial charge in [0, 0.05) is 11.4 Å². The lowest BCUT2D eigenvalue weighted by atomic mass is 10.3. The van der Waals surface area contributed by atoms with Crippen molar-refractivity contribution in [2.45, 2.75) is 19.9 Å². The third-order valence-corrected chi connectivity index (χ3v) is 3.92. The van der Waals surface area contributed by atoms with Gasteiger partial charge in [0.1, 0.15) is 0 Å². The first-order valence-corrected chi connectivity index (χ1v) is 6.03. The first kappa shape index (κ1) is 10.6. The number of carboxylic acid groups (broad SMARTS) is 1. The number of hydrogen-bond donors (Lipinski definition) is 2. The van der Waals surface area contributed by atoms with Gasteiger partial charge in [-0.2, -0.15) is 0 Å². The van der Waals surface area contributed by atoms with Crippen LogP contribution in [0.3, 0.4) is 0 Å². The van der Waals surface area contributed by atoms with Crippen LogP contribution in [-0.4, -0.2) is 17.6 Å². The number of thiophene rings is 1. The van der Waals surface area contributed by atoms with E-state index in [4.69, 9.17) is 5.11 Å². The Morgan fingerprint density at radius 2 is 2.53 bits per heavy atom. The van der Waals surface area contributed by atoms with Gasteiger partial charge in [-0.15, -0.1) is 11.3 Å². The third kappa shape index (κ3) is 2.58. The molecule has 1 aromatic heterocycles. The van der Waals surface area contributed by atoms with Gasteiger partial charge in [0.05, 0.1) is 5.92 Å². The molecule has 0 bridgehead atoms. The van der Waals surface area contributed by atoms with E-state index in [1.54, 1.807) is 11.3 Å². The molecule has 1 aliphatic rings. The van der Waals surface area contributed by atoms with Crippen LogP contribution in [0, 0.1) is 18.8 Å². The monoisotopic (exact) mass is 225 g/mol. The van der Waals surface area contributed by atoms with Gasteiger partial charge >= 0.3 is 5.97 Å². The lowest BCUT2D eigenvalue weighted by molar-refractivity contribution is -0.138. The Morgan fingerprint density at radius 1 is 1.73 bits per heavy atom. The predicted molar refractivity (Wildman–Crippen MR) is 60.0 cm³/mol. The minimum atomic E-state index is -0.644. The first-order chi connectivity index (χ1) is 7.18. The zero-order valence-corrected chi connectivity index (χ0v) is 9.51. The van der Waals surface area contributed by atoms with E-state index in [0.29, 0.717) is 5.92 Å². The van der Waals surface area contributed by atoms with Gasteiger partial charge in [0.2, 0.25) is 0 Å². The first-order valence-electron chi connectivity index (χ1n) is 5.15. The predicted octanol–water partition coefficient (Wildman–Crippen LogP) is 1.87. The maximum Gasteiger partial charge on any atom is 0.306 e. The number of nitrogens with one attached hydrogen (secondary N) is 1. The van der Waals surface area contributed by atoms with Crippen molar-refractivity contribution in [2.75, 3.05) is 6.54 Å². The standard InChI is InChI=1S/C11H15NO2S/c1-7-2-3-15-10(7)6-12-5-8-4-9(8)11(13)14/h2-3,8-9,12H,4-6H2,1H3,(H,13,14). The van der Waals surface area contributed by atoms with Crippen LogP contribution in [0.5, 0.6) is 0 Å². The Bertz CT molecular complexity index is 361. The molecule has 4 heteroatoms. The number of aryl methyl sites for hydroxylation is 1. The van der Waals surface area contributed by atoms with Gasteiger partial charge < -0.3 is 10.4 Å². The summed E-state index contributed by atoms with van der Waals surface area (Å²) in [6.45, 7) is 3.80. The molecule has 1 heterocycles. The Morgan fingerprint density at radius 3 is 3.07 bits per heavy atom. The largest absolute Gasteiger partial charge is 0.481 e. The minimum Gasteiger partial charge on any atom is -0.481 e. The summed E-state index contributed by atoms with van der Waals surface area (Å²) in [5.41, 5.74) is 1.32. The van der Waals surface area contributed by atoms with Crippen LogP contribution in [0.1, 0.15) is 16.9 Å². The average Bonchev–Trinajstić information content (AvgIpc) is 2.85. The van der Waals surface area contributed by atoms with Crippen LogP contribution in [0.15, 0.2) is 11.4 Å². The molecule has 1 fully saturated rings. The van der Waals surface area contributed by atoms with Crippen molar-refractivity contribution >= 4 is 17.3 Å². The van der Waals surface area contributed by atoms with Crippen molar-refractivity contribution in [3.63, 3.8) is 0 Å². The number of carboxylic acids is 1. The van der Waals surface area contributed by atoms with Crippen LogP contribution in [0.2, 0.25) is 0 Å². The SMILES string of the molecule is Cc1ccsc1CNCC1CC1C(=O)O. The number of aliphatic carboxylic acids is 1. The highest BCUT2D eigenvalue weighted by Gasteiger charge is 2.42. The van der Waals surface area contributed by atoms with Gasteiger partial charge in [0.15, 0.2) is 0 Å². The fourth-order valence-electron chi connectivity index (χ4n) is 1.73. The maximum absolute atomic E-state index is 10.6. The zero-order chi connectivity index (χ0) is 10.8. The quantitative estimate of drug-likeness (QED) is 0.804. The lowest BCUT2D eigenvalue weighted by Gasteiger charge is -2.02. The molecule has 0 aliphatic heterocycles. The summed E-state index contributed by atoms with van der Waals surface area (Å²) in [7, 11) is 0. The molecule has 0 spiro atoms. The normalized spacial score (nSPS) is 24.1. The van der Waals surface area contributed by atoms with E-state index in [-0.39, 0.29) is 5.92 Å². The highest BCUT2D eigenvalue weighted by atomic mass is 32.1. The highest BCUT2D eigenvalue weighted by Crippen LogP contribution is 2.37. The van der Waals surface area contributed by atoms with Gasteiger partial charge in [-0.25, -0.2) is 0 Å². The van der Waals surface area contributed by atoms with Crippen molar-refractivity contribution < 1.29 is 9.90 Å². The van der Waals surface area contributed by atoms with Crippen LogP contribution in [0.4, 0.5) is 0 Å². The fourth-order valence-corrected chi connectivity index (χ4v) is 2.61. The molecule has 0 amide bonds. The second-order valence-corrected chi connectivity index (χ2v) is 5.10. The molecule has 2 atom stereocenters. The van der Waals surface area contributed by atoms with Crippen molar-refractivity contribution in [1.82, 2.24) is 5.32 Å².